The van der Waals surface area contributed by atoms with Gasteiger partial charge in [-0.1, -0.05) is 18.6 Å². The standard InChI is InChI=1S/C21H30FN5.HI/c1-16-14-17(2)27(26-16)13-5-12-24-20(23-3)25-15-21(10-4-11-21)18-6-8-19(22)9-7-18;/h6-9,14H,4-5,10-13,15H2,1-3H3,(H2,23,24,25);1H. The number of nitrogens with zero attached hydrogens (tertiary/aromatic N) is 3. The van der Waals surface area contributed by atoms with Gasteiger partial charge in [-0.2, -0.15) is 5.10 Å². The molecule has 5 nitrogen and oxygen atoms in total. The number of aromatic nitrogens is 2. The number of guanidine groups is 1. The average Bonchev–Trinajstić information content (AvgIpc) is 2.94. The van der Waals surface area contributed by atoms with E-state index in [4.69, 9.17) is 0 Å². The fourth-order valence-electron chi connectivity index (χ4n) is 3.78. The Morgan fingerprint density at radius 2 is 1.93 bits per heavy atom. The zero-order valence-electron chi connectivity index (χ0n) is 17.0. The number of aryl methyl sites for hydroxylation is 3. The lowest BCUT2D eigenvalue weighted by molar-refractivity contribution is 0.243. The first-order valence-electron chi connectivity index (χ1n) is 9.74. The number of hydrogen-bond donors (Lipinski definition) is 2. The Labute approximate surface area is 184 Å². The molecule has 0 radical (unpaired) electrons. The van der Waals surface area contributed by atoms with Crippen molar-refractivity contribution in [3.63, 3.8) is 0 Å². The molecule has 1 fully saturated rings. The summed E-state index contributed by atoms with van der Waals surface area (Å²) in [7, 11) is 1.79. The van der Waals surface area contributed by atoms with Crippen LogP contribution in [0.25, 0.3) is 0 Å². The summed E-state index contributed by atoms with van der Waals surface area (Å²) < 4.78 is 15.3. The second-order valence-electron chi connectivity index (χ2n) is 7.50. The van der Waals surface area contributed by atoms with Crippen LogP contribution < -0.4 is 10.6 Å². The lowest BCUT2D eigenvalue weighted by Crippen LogP contribution is -2.49. The summed E-state index contributed by atoms with van der Waals surface area (Å²) in [5.74, 6) is 0.637. The summed E-state index contributed by atoms with van der Waals surface area (Å²) >= 11 is 0. The molecule has 0 amide bonds. The van der Waals surface area contributed by atoms with E-state index in [1.165, 1.54) is 17.7 Å². The first-order chi connectivity index (χ1) is 13.0. The molecule has 2 aromatic rings. The summed E-state index contributed by atoms with van der Waals surface area (Å²) in [6.07, 6.45) is 4.45. The van der Waals surface area contributed by atoms with Crippen molar-refractivity contribution in [3.05, 3.63) is 53.1 Å². The van der Waals surface area contributed by atoms with Crippen LogP contribution in [0.15, 0.2) is 35.3 Å². The normalized spacial score (nSPS) is 15.5. The van der Waals surface area contributed by atoms with Gasteiger partial charge >= 0.3 is 0 Å². The zero-order valence-corrected chi connectivity index (χ0v) is 19.3. The smallest absolute Gasteiger partial charge is 0.191 e. The van der Waals surface area contributed by atoms with Crippen LogP contribution in [0.2, 0.25) is 0 Å². The predicted octanol–water partition coefficient (Wildman–Crippen LogP) is 3.93. The Morgan fingerprint density at radius 1 is 1.21 bits per heavy atom. The Bertz CT molecular complexity index is 781. The molecular weight excluding hydrogens is 468 g/mol. The van der Waals surface area contributed by atoms with Crippen molar-refractivity contribution in [3.8, 4) is 0 Å². The third-order valence-corrected chi connectivity index (χ3v) is 5.53. The van der Waals surface area contributed by atoms with Gasteiger partial charge in [0, 0.05) is 37.8 Å². The molecule has 7 heteroatoms. The molecule has 1 aliphatic rings. The number of aliphatic imine (C=N–C) groups is 1. The fraction of sp³-hybridized carbons (Fsp3) is 0.524. The molecule has 3 rings (SSSR count). The van der Waals surface area contributed by atoms with Crippen molar-refractivity contribution in [1.82, 2.24) is 20.4 Å². The van der Waals surface area contributed by atoms with Crippen molar-refractivity contribution < 1.29 is 4.39 Å². The quantitative estimate of drug-likeness (QED) is 0.263. The highest BCUT2D eigenvalue weighted by Gasteiger charge is 2.38. The summed E-state index contributed by atoms with van der Waals surface area (Å²) in [6, 6.07) is 9.05. The predicted molar refractivity (Wildman–Crippen MR) is 123 cm³/mol. The topological polar surface area (TPSA) is 54.2 Å². The monoisotopic (exact) mass is 499 g/mol. The summed E-state index contributed by atoms with van der Waals surface area (Å²) in [4.78, 5) is 4.34. The van der Waals surface area contributed by atoms with Crippen molar-refractivity contribution >= 4 is 29.9 Å². The first-order valence-corrected chi connectivity index (χ1v) is 9.74. The van der Waals surface area contributed by atoms with Gasteiger partial charge in [-0.25, -0.2) is 4.39 Å². The van der Waals surface area contributed by atoms with Crippen molar-refractivity contribution in [2.75, 3.05) is 20.1 Å². The lowest BCUT2D eigenvalue weighted by atomic mass is 9.64. The van der Waals surface area contributed by atoms with Crippen molar-refractivity contribution in [1.29, 1.82) is 0 Å². The number of nitrogens with one attached hydrogen (secondary N) is 2. The van der Waals surface area contributed by atoms with E-state index < -0.39 is 0 Å². The largest absolute Gasteiger partial charge is 0.356 e. The highest BCUT2D eigenvalue weighted by Crippen LogP contribution is 2.43. The van der Waals surface area contributed by atoms with Gasteiger partial charge < -0.3 is 10.6 Å². The maximum atomic E-state index is 13.2. The molecule has 1 aromatic heterocycles. The van der Waals surface area contributed by atoms with E-state index in [9.17, 15) is 4.39 Å². The molecule has 0 aliphatic heterocycles. The van der Waals surface area contributed by atoms with Crippen LogP contribution in [0.1, 0.15) is 42.6 Å². The summed E-state index contributed by atoms with van der Waals surface area (Å²) in [5.41, 5.74) is 3.56. The molecule has 0 bridgehead atoms. The van der Waals surface area contributed by atoms with Gasteiger partial charge in [-0.15, -0.1) is 24.0 Å². The minimum atomic E-state index is -0.179. The van der Waals surface area contributed by atoms with Crippen LogP contribution >= 0.6 is 24.0 Å². The second kappa shape index (κ2) is 10.2. The maximum absolute atomic E-state index is 13.2. The van der Waals surface area contributed by atoms with Crippen LogP contribution in [-0.4, -0.2) is 35.9 Å². The molecule has 1 aromatic carbocycles. The van der Waals surface area contributed by atoms with Crippen molar-refractivity contribution in [2.24, 2.45) is 4.99 Å². The Balaban J connectivity index is 0.00000280. The molecular formula is C21H31FIN5. The highest BCUT2D eigenvalue weighted by molar-refractivity contribution is 14.0. The van der Waals surface area contributed by atoms with Gasteiger partial charge in [0.15, 0.2) is 5.96 Å². The van der Waals surface area contributed by atoms with Gasteiger partial charge in [0.05, 0.1) is 5.69 Å². The third kappa shape index (κ3) is 5.46. The Hall–Kier alpha value is -1.64. The van der Waals surface area contributed by atoms with E-state index in [0.717, 1.165) is 50.6 Å². The van der Waals surface area contributed by atoms with Crippen LogP contribution in [0.4, 0.5) is 4.39 Å². The molecule has 2 N–H and O–H groups in total. The van der Waals surface area contributed by atoms with E-state index in [1.807, 2.05) is 23.7 Å². The molecule has 0 unspecified atom stereocenters. The van der Waals surface area contributed by atoms with Crippen molar-refractivity contribution in [2.45, 2.75) is 51.5 Å². The van der Waals surface area contributed by atoms with Gasteiger partial charge in [0.1, 0.15) is 5.82 Å². The summed E-state index contributed by atoms with van der Waals surface area (Å²) in [6.45, 7) is 6.65. The SMILES string of the molecule is CN=C(NCCCn1nc(C)cc1C)NCC1(c2ccc(F)cc2)CCC1.I. The summed E-state index contributed by atoms with van der Waals surface area (Å²) in [5, 5.41) is 11.3. The molecule has 1 aliphatic carbocycles. The lowest BCUT2D eigenvalue weighted by Gasteiger charge is -2.43. The molecule has 0 spiro atoms. The minimum Gasteiger partial charge on any atom is -0.356 e. The first kappa shape index (κ1) is 22.6. The highest BCUT2D eigenvalue weighted by atomic mass is 127. The van der Waals surface area contributed by atoms with E-state index in [0.29, 0.717) is 0 Å². The van der Waals surface area contributed by atoms with Gasteiger partial charge in [0.25, 0.3) is 0 Å². The fourth-order valence-corrected chi connectivity index (χ4v) is 3.78. The third-order valence-electron chi connectivity index (χ3n) is 5.53. The van der Waals surface area contributed by atoms with Crippen LogP contribution in [0, 0.1) is 19.7 Å². The number of halogens is 2. The van der Waals surface area contributed by atoms with Crippen LogP contribution in [-0.2, 0) is 12.0 Å². The average molecular weight is 499 g/mol. The van der Waals surface area contributed by atoms with Crippen LogP contribution in [0.5, 0.6) is 0 Å². The number of rotatable bonds is 7. The minimum absolute atomic E-state index is 0. The zero-order chi connectivity index (χ0) is 19.3. The van der Waals surface area contributed by atoms with Gasteiger partial charge in [0.2, 0.25) is 0 Å². The molecule has 154 valence electrons. The second-order valence-corrected chi connectivity index (χ2v) is 7.50. The molecule has 0 atom stereocenters. The van der Waals surface area contributed by atoms with Gasteiger partial charge in [-0.3, -0.25) is 9.67 Å². The van der Waals surface area contributed by atoms with E-state index >= 15 is 0 Å². The molecule has 1 heterocycles. The Kier molecular flexibility index (Phi) is 8.27. The molecule has 28 heavy (non-hydrogen) atoms. The van der Waals surface area contributed by atoms with Crippen LogP contribution in [0.3, 0.4) is 0 Å². The number of hydrogen-bond acceptors (Lipinski definition) is 2. The molecule has 0 saturated heterocycles. The van der Waals surface area contributed by atoms with E-state index in [1.54, 1.807) is 19.2 Å². The Morgan fingerprint density at radius 3 is 2.46 bits per heavy atom. The maximum Gasteiger partial charge on any atom is 0.191 e. The van der Waals surface area contributed by atoms with Gasteiger partial charge in [-0.05, 0) is 56.9 Å². The number of benzene rings is 1. The van der Waals surface area contributed by atoms with E-state index in [-0.39, 0.29) is 35.2 Å². The molecule has 1 saturated carbocycles. The van der Waals surface area contributed by atoms with E-state index in [2.05, 4.69) is 33.7 Å².